The number of hydrogen-bond acceptors (Lipinski definition) is 2. The Morgan fingerprint density at radius 3 is 2.88 bits per heavy atom. The molecule has 1 fully saturated rings. The monoisotopic (exact) mass is 238 g/mol. The van der Waals surface area contributed by atoms with Crippen LogP contribution in [0.3, 0.4) is 0 Å². The van der Waals surface area contributed by atoms with E-state index in [1.807, 2.05) is 4.68 Å². The Kier molecular flexibility index (Phi) is 4.15. The zero-order valence-corrected chi connectivity index (χ0v) is 11.2. The van der Waals surface area contributed by atoms with Crippen LogP contribution in [0.25, 0.3) is 0 Å². The number of nitrogens with zero attached hydrogens (tertiary/aromatic N) is 3. The average molecular weight is 238 g/mol. The van der Waals surface area contributed by atoms with Crippen molar-refractivity contribution in [3.63, 3.8) is 0 Å². The van der Waals surface area contributed by atoms with Gasteiger partial charge in [0.25, 0.3) is 0 Å². The second-order valence-corrected chi connectivity index (χ2v) is 5.24. The molecule has 0 saturated carbocycles. The summed E-state index contributed by atoms with van der Waals surface area (Å²) in [6.07, 6.45) is 7.20. The molecule has 1 unspecified atom stereocenters. The van der Waals surface area contributed by atoms with E-state index in [9.17, 15) is 0 Å². The Morgan fingerprint density at radius 2 is 2.29 bits per heavy atom. The minimum atomic E-state index is 0.206. The fraction of sp³-hybridized carbons (Fsp3) is 0.846. The maximum atomic E-state index is 5.25. The highest BCUT2D eigenvalue weighted by atomic mass is 16.6. The highest BCUT2D eigenvalue weighted by Crippen LogP contribution is 2.15. The van der Waals surface area contributed by atoms with E-state index < -0.39 is 0 Å². The second-order valence-electron chi connectivity index (χ2n) is 5.24. The molecule has 1 aromatic heterocycles. The number of aryl methyl sites for hydroxylation is 2. The molecule has 2 rings (SSSR count). The van der Waals surface area contributed by atoms with E-state index in [-0.39, 0.29) is 6.23 Å². The number of rotatable bonds is 7. The highest BCUT2D eigenvalue weighted by Gasteiger charge is 2.33. The standard InChI is InChI=1S/C13H24N3O/c1-4-12-9-16(13-10-17-13)14-15(12)8-6-5-7-11(2)3/h9,11,13H,4-8,10H2,1-3H3/q+1. The van der Waals surface area contributed by atoms with Gasteiger partial charge in [0.05, 0.1) is 5.21 Å². The van der Waals surface area contributed by atoms with Crippen molar-refractivity contribution in [2.45, 2.75) is 59.2 Å². The molecule has 0 bridgehead atoms. The molecule has 0 aliphatic carbocycles. The first-order valence-electron chi connectivity index (χ1n) is 6.80. The minimum Gasteiger partial charge on any atom is -0.329 e. The van der Waals surface area contributed by atoms with E-state index in [0.717, 1.165) is 25.5 Å². The Morgan fingerprint density at radius 1 is 1.53 bits per heavy atom. The molecule has 1 atom stereocenters. The number of epoxide rings is 1. The van der Waals surface area contributed by atoms with Crippen molar-refractivity contribution in [2.75, 3.05) is 6.61 Å². The van der Waals surface area contributed by atoms with Crippen molar-refractivity contribution in [1.29, 1.82) is 0 Å². The Hall–Kier alpha value is -0.900. The molecule has 0 N–H and O–H groups in total. The fourth-order valence-electron chi connectivity index (χ4n) is 2.04. The van der Waals surface area contributed by atoms with Crippen LogP contribution in [0.4, 0.5) is 0 Å². The molecule has 4 heteroatoms. The van der Waals surface area contributed by atoms with E-state index in [4.69, 9.17) is 4.74 Å². The van der Waals surface area contributed by atoms with Crippen LogP contribution in [0.5, 0.6) is 0 Å². The molecular formula is C13H24N3O+. The first-order chi connectivity index (χ1) is 8.20. The average Bonchev–Trinajstić information content (AvgIpc) is 3.06. The SMILES string of the molecule is CCc1c[n+](C2CO2)nn1CCCCC(C)C. The van der Waals surface area contributed by atoms with Gasteiger partial charge in [0.1, 0.15) is 13.2 Å². The van der Waals surface area contributed by atoms with Crippen molar-refractivity contribution < 1.29 is 9.42 Å². The van der Waals surface area contributed by atoms with Crippen LogP contribution < -0.4 is 4.68 Å². The second kappa shape index (κ2) is 5.63. The predicted octanol–water partition coefficient (Wildman–Crippen LogP) is 2.09. The quantitative estimate of drug-likeness (QED) is 0.414. The lowest BCUT2D eigenvalue weighted by molar-refractivity contribution is -0.772. The Balaban J connectivity index is 1.85. The van der Waals surface area contributed by atoms with Gasteiger partial charge in [-0.3, -0.25) is 0 Å². The van der Waals surface area contributed by atoms with Crippen LogP contribution >= 0.6 is 0 Å². The molecule has 0 radical (unpaired) electrons. The summed E-state index contributed by atoms with van der Waals surface area (Å²) < 4.78 is 9.35. The number of ether oxygens (including phenoxy) is 1. The Bertz CT molecular complexity index is 356. The van der Waals surface area contributed by atoms with Gasteiger partial charge in [0.2, 0.25) is 6.23 Å². The molecule has 4 nitrogen and oxygen atoms in total. The third-order valence-corrected chi connectivity index (χ3v) is 3.20. The van der Waals surface area contributed by atoms with E-state index in [0.29, 0.717) is 0 Å². The molecule has 1 aromatic rings. The van der Waals surface area contributed by atoms with E-state index >= 15 is 0 Å². The summed E-state index contributed by atoms with van der Waals surface area (Å²) in [5.41, 5.74) is 1.31. The zero-order chi connectivity index (χ0) is 12.3. The molecule has 1 saturated heterocycles. The maximum absolute atomic E-state index is 5.25. The van der Waals surface area contributed by atoms with Crippen LogP contribution in [0.15, 0.2) is 6.20 Å². The fourth-order valence-corrected chi connectivity index (χ4v) is 2.04. The van der Waals surface area contributed by atoms with Crippen molar-refractivity contribution in [2.24, 2.45) is 5.92 Å². The van der Waals surface area contributed by atoms with Gasteiger partial charge in [-0.1, -0.05) is 27.2 Å². The first-order valence-corrected chi connectivity index (χ1v) is 6.80. The summed E-state index contributed by atoms with van der Waals surface area (Å²) >= 11 is 0. The smallest absolute Gasteiger partial charge is 0.247 e. The molecule has 96 valence electrons. The molecule has 1 aliphatic heterocycles. The van der Waals surface area contributed by atoms with Crippen molar-refractivity contribution >= 4 is 0 Å². The summed E-state index contributed by atoms with van der Waals surface area (Å²) in [4.78, 5) is 0. The highest BCUT2D eigenvalue weighted by molar-refractivity contribution is 4.89. The lowest BCUT2D eigenvalue weighted by atomic mass is 10.1. The lowest BCUT2D eigenvalue weighted by Gasteiger charge is -2.02. The first kappa shape index (κ1) is 12.6. The van der Waals surface area contributed by atoms with Gasteiger partial charge in [-0.05, 0) is 18.8 Å². The van der Waals surface area contributed by atoms with Crippen molar-refractivity contribution in [1.82, 2.24) is 9.90 Å². The van der Waals surface area contributed by atoms with Crippen molar-refractivity contribution in [3.8, 4) is 0 Å². The molecule has 0 amide bonds. The summed E-state index contributed by atoms with van der Waals surface area (Å²) in [6.45, 7) is 8.60. The number of unbranched alkanes of at least 4 members (excludes halogenated alkanes) is 1. The number of aromatic nitrogens is 3. The van der Waals surface area contributed by atoms with Gasteiger partial charge in [0.15, 0.2) is 11.9 Å². The topological polar surface area (TPSA) is 34.2 Å². The van der Waals surface area contributed by atoms with E-state index in [2.05, 4.69) is 36.9 Å². The number of hydrogen-bond donors (Lipinski definition) is 0. The molecule has 0 aromatic carbocycles. The molecule has 2 heterocycles. The molecule has 0 spiro atoms. The van der Waals surface area contributed by atoms with Gasteiger partial charge in [-0.25, -0.2) is 0 Å². The minimum absolute atomic E-state index is 0.206. The van der Waals surface area contributed by atoms with Crippen LogP contribution in [0.2, 0.25) is 0 Å². The van der Waals surface area contributed by atoms with Gasteiger partial charge in [-0.15, -0.1) is 9.36 Å². The zero-order valence-electron chi connectivity index (χ0n) is 11.2. The van der Waals surface area contributed by atoms with E-state index in [1.165, 1.54) is 25.0 Å². The van der Waals surface area contributed by atoms with E-state index in [1.54, 1.807) is 0 Å². The maximum Gasteiger partial charge on any atom is 0.247 e. The van der Waals surface area contributed by atoms with Gasteiger partial charge >= 0.3 is 0 Å². The third-order valence-electron chi connectivity index (χ3n) is 3.20. The molecule has 17 heavy (non-hydrogen) atoms. The Labute approximate surface area is 104 Å². The largest absolute Gasteiger partial charge is 0.329 e. The van der Waals surface area contributed by atoms with Crippen LogP contribution in [0, 0.1) is 5.92 Å². The molecular weight excluding hydrogens is 214 g/mol. The van der Waals surface area contributed by atoms with Crippen LogP contribution in [0.1, 0.15) is 52.0 Å². The van der Waals surface area contributed by atoms with Gasteiger partial charge < -0.3 is 4.74 Å². The van der Waals surface area contributed by atoms with Gasteiger partial charge in [0, 0.05) is 6.42 Å². The van der Waals surface area contributed by atoms with Gasteiger partial charge in [-0.2, -0.15) is 0 Å². The lowest BCUT2D eigenvalue weighted by Crippen LogP contribution is -2.35. The normalized spacial score (nSPS) is 18.9. The predicted molar refractivity (Wildman–Crippen MR) is 65.5 cm³/mol. The molecule has 1 aliphatic rings. The van der Waals surface area contributed by atoms with Crippen LogP contribution in [-0.4, -0.2) is 16.5 Å². The summed E-state index contributed by atoms with van der Waals surface area (Å²) in [6, 6.07) is 0. The van der Waals surface area contributed by atoms with Crippen molar-refractivity contribution in [3.05, 3.63) is 11.9 Å². The summed E-state index contributed by atoms with van der Waals surface area (Å²) in [5, 5.41) is 4.57. The summed E-state index contributed by atoms with van der Waals surface area (Å²) in [7, 11) is 0. The third kappa shape index (κ3) is 3.53. The summed E-state index contributed by atoms with van der Waals surface area (Å²) in [5.74, 6) is 0.808. The van der Waals surface area contributed by atoms with Crippen LogP contribution in [-0.2, 0) is 17.7 Å².